The summed E-state index contributed by atoms with van der Waals surface area (Å²) in [6.45, 7) is -0.721. The minimum absolute atomic E-state index is 0.228. The normalized spacial score (nSPS) is 12.8. The third kappa shape index (κ3) is 5.07. The minimum atomic E-state index is -4.66. The number of aliphatic carboxylic acids is 1. The number of halogens is 3. The molecule has 0 spiro atoms. The Hall–Kier alpha value is -2.09. The summed E-state index contributed by atoms with van der Waals surface area (Å²) in [5.41, 5.74) is -1.61. The van der Waals surface area contributed by atoms with Gasteiger partial charge in [-0.2, -0.15) is 13.2 Å². The second kappa shape index (κ2) is 7.07. The Balaban J connectivity index is 2.79. The van der Waals surface area contributed by atoms with E-state index in [0.29, 0.717) is 0 Å². The highest BCUT2D eigenvalue weighted by molar-refractivity contribution is 5.95. The molecule has 0 radical (unpaired) electrons. The molecule has 0 aliphatic heterocycles. The van der Waals surface area contributed by atoms with Crippen LogP contribution in [0.25, 0.3) is 0 Å². The summed E-state index contributed by atoms with van der Waals surface area (Å²) in [6, 6.07) is 4.28. The Morgan fingerprint density at radius 2 is 1.86 bits per heavy atom. The van der Waals surface area contributed by atoms with E-state index >= 15 is 0 Å². The lowest BCUT2D eigenvalue weighted by Crippen LogP contribution is -2.33. The van der Waals surface area contributed by atoms with Crippen molar-refractivity contribution >= 4 is 11.9 Å². The smallest absolute Gasteiger partial charge is 0.417 e. The predicted molar refractivity (Wildman–Crippen MR) is 66.6 cm³/mol. The third-order valence-corrected chi connectivity index (χ3v) is 2.75. The maximum absolute atomic E-state index is 12.7. The van der Waals surface area contributed by atoms with Crippen molar-refractivity contribution in [1.82, 2.24) is 5.32 Å². The van der Waals surface area contributed by atoms with Crippen molar-refractivity contribution in [3.05, 3.63) is 35.4 Å². The largest absolute Gasteiger partial charge is 0.481 e. The highest BCUT2D eigenvalue weighted by Gasteiger charge is 2.34. The first-order valence-corrected chi connectivity index (χ1v) is 6.02. The van der Waals surface area contributed by atoms with Crippen molar-refractivity contribution in [2.75, 3.05) is 13.2 Å². The Kier molecular flexibility index (Phi) is 5.71. The molecule has 0 aliphatic carbocycles. The molecule has 1 amide bonds. The molecule has 0 fully saturated rings. The SMILES string of the molecule is O=C(O)CC(CO)CNC(=O)c1ccccc1C(F)(F)F. The van der Waals surface area contributed by atoms with Crippen LogP contribution in [0.4, 0.5) is 13.2 Å². The van der Waals surface area contributed by atoms with Gasteiger partial charge in [0.25, 0.3) is 5.91 Å². The Labute approximate surface area is 118 Å². The quantitative estimate of drug-likeness (QED) is 0.743. The summed E-state index contributed by atoms with van der Waals surface area (Å²) in [6.07, 6.45) is -5.05. The van der Waals surface area contributed by atoms with E-state index in [-0.39, 0.29) is 6.54 Å². The first-order chi connectivity index (χ1) is 9.75. The third-order valence-electron chi connectivity index (χ3n) is 2.75. The van der Waals surface area contributed by atoms with E-state index in [9.17, 15) is 22.8 Å². The average molecular weight is 305 g/mol. The van der Waals surface area contributed by atoms with Crippen LogP contribution in [0.2, 0.25) is 0 Å². The first-order valence-electron chi connectivity index (χ1n) is 6.02. The van der Waals surface area contributed by atoms with E-state index in [1.165, 1.54) is 12.1 Å². The van der Waals surface area contributed by atoms with Crippen LogP contribution in [0.1, 0.15) is 22.3 Å². The fourth-order valence-electron chi connectivity index (χ4n) is 1.71. The molecule has 0 saturated carbocycles. The van der Waals surface area contributed by atoms with Gasteiger partial charge in [0.2, 0.25) is 0 Å². The molecule has 116 valence electrons. The average Bonchev–Trinajstić information content (AvgIpc) is 2.41. The summed E-state index contributed by atoms with van der Waals surface area (Å²) < 4.78 is 38.2. The molecule has 5 nitrogen and oxygen atoms in total. The molecule has 0 saturated heterocycles. The monoisotopic (exact) mass is 305 g/mol. The molecule has 1 rings (SSSR count). The summed E-state index contributed by atoms with van der Waals surface area (Å²) in [7, 11) is 0. The van der Waals surface area contributed by atoms with Gasteiger partial charge in [-0.25, -0.2) is 0 Å². The van der Waals surface area contributed by atoms with Crippen molar-refractivity contribution in [2.45, 2.75) is 12.6 Å². The van der Waals surface area contributed by atoms with Crippen molar-refractivity contribution in [3.8, 4) is 0 Å². The lowest BCUT2D eigenvalue weighted by atomic mass is 10.0. The number of benzene rings is 1. The topological polar surface area (TPSA) is 86.6 Å². The van der Waals surface area contributed by atoms with Crippen LogP contribution in [0, 0.1) is 5.92 Å². The number of carbonyl (C=O) groups excluding carboxylic acids is 1. The second-order valence-electron chi connectivity index (χ2n) is 4.40. The van der Waals surface area contributed by atoms with Crippen molar-refractivity contribution in [2.24, 2.45) is 5.92 Å². The molecule has 21 heavy (non-hydrogen) atoms. The van der Waals surface area contributed by atoms with Crippen LogP contribution in [-0.4, -0.2) is 35.2 Å². The van der Waals surface area contributed by atoms with Gasteiger partial charge >= 0.3 is 12.1 Å². The van der Waals surface area contributed by atoms with Gasteiger partial charge in [0.1, 0.15) is 0 Å². The number of hydrogen-bond acceptors (Lipinski definition) is 3. The highest BCUT2D eigenvalue weighted by Crippen LogP contribution is 2.31. The summed E-state index contributed by atoms with van der Waals surface area (Å²) >= 11 is 0. The van der Waals surface area contributed by atoms with Gasteiger partial charge < -0.3 is 15.5 Å². The molecule has 0 bridgehead atoms. The maximum Gasteiger partial charge on any atom is 0.417 e. The van der Waals surface area contributed by atoms with Crippen molar-refractivity contribution in [1.29, 1.82) is 0 Å². The summed E-state index contributed by atoms with van der Waals surface area (Å²) in [5, 5.41) is 19.7. The number of hydrogen-bond donors (Lipinski definition) is 3. The highest BCUT2D eigenvalue weighted by atomic mass is 19.4. The number of rotatable bonds is 6. The fraction of sp³-hybridized carbons (Fsp3) is 0.385. The van der Waals surface area contributed by atoms with Crippen LogP contribution >= 0.6 is 0 Å². The van der Waals surface area contributed by atoms with E-state index in [0.717, 1.165) is 12.1 Å². The Bertz CT molecular complexity index is 516. The van der Waals surface area contributed by atoms with Crippen LogP contribution < -0.4 is 5.32 Å². The number of nitrogens with one attached hydrogen (secondary N) is 1. The van der Waals surface area contributed by atoms with Gasteiger partial charge in [-0.1, -0.05) is 12.1 Å². The van der Waals surface area contributed by atoms with E-state index in [2.05, 4.69) is 5.32 Å². The lowest BCUT2D eigenvalue weighted by Gasteiger charge is -2.15. The number of aliphatic hydroxyl groups is 1. The van der Waals surface area contributed by atoms with E-state index in [1.54, 1.807) is 0 Å². The van der Waals surface area contributed by atoms with Crippen LogP contribution in [0.5, 0.6) is 0 Å². The number of carboxylic acids is 1. The number of aliphatic hydroxyl groups excluding tert-OH is 1. The van der Waals surface area contributed by atoms with Gasteiger partial charge in [0.05, 0.1) is 17.5 Å². The Morgan fingerprint density at radius 1 is 1.24 bits per heavy atom. The van der Waals surface area contributed by atoms with Crippen molar-refractivity contribution in [3.63, 3.8) is 0 Å². The number of alkyl halides is 3. The molecule has 0 aromatic heterocycles. The molecule has 0 aliphatic rings. The summed E-state index contributed by atoms with van der Waals surface area (Å²) in [4.78, 5) is 22.3. The van der Waals surface area contributed by atoms with E-state index in [1.807, 2.05) is 0 Å². The van der Waals surface area contributed by atoms with Crippen LogP contribution in [-0.2, 0) is 11.0 Å². The van der Waals surface area contributed by atoms with Gasteiger partial charge in [0.15, 0.2) is 0 Å². The first kappa shape index (κ1) is 17.0. The Morgan fingerprint density at radius 3 is 2.38 bits per heavy atom. The van der Waals surface area contributed by atoms with E-state index in [4.69, 9.17) is 10.2 Å². The van der Waals surface area contributed by atoms with Crippen LogP contribution in [0.15, 0.2) is 24.3 Å². The van der Waals surface area contributed by atoms with Crippen LogP contribution in [0.3, 0.4) is 0 Å². The minimum Gasteiger partial charge on any atom is -0.481 e. The fourth-order valence-corrected chi connectivity index (χ4v) is 1.71. The lowest BCUT2D eigenvalue weighted by molar-refractivity contribution is -0.139. The number of amides is 1. The zero-order valence-corrected chi connectivity index (χ0v) is 10.9. The summed E-state index contributed by atoms with van der Waals surface area (Å²) in [5.74, 6) is -2.89. The van der Waals surface area contributed by atoms with Crippen molar-refractivity contribution < 1.29 is 33.0 Å². The zero-order chi connectivity index (χ0) is 16.0. The molecule has 3 N–H and O–H groups in total. The number of carbonyl (C=O) groups is 2. The predicted octanol–water partition coefficient (Wildman–Crippen LogP) is 1.52. The zero-order valence-electron chi connectivity index (χ0n) is 10.9. The second-order valence-corrected chi connectivity index (χ2v) is 4.40. The van der Waals surface area contributed by atoms with Gasteiger partial charge in [-0.05, 0) is 12.1 Å². The standard InChI is InChI=1S/C13H14F3NO4/c14-13(15,16)10-4-2-1-3-9(10)12(21)17-6-8(7-18)5-11(19)20/h1-4,8,18H,5-7H2,(H,17,21)(H,19,20). The van der Waals surface area contributed by atoms with E-state index < -0.39 is 48.1 Å². The molecule has 0 heterocycles. The molecule has 1 aromatic rings. The molecule has 1 atom stereocenters. The molecule has 8 heteroatoms. The molecule has 1 unspecified atom stereocenters. The number of carboxylic acid groups (broad SMARTS) is 1. The molecule has 1 aromatic carbocycles. The molecular formula is C13H14F3NO4. The van der Waals surface area contributed by atoms with Gasteiger partial charge in [-0.3, -0.25) is 9.59 Å². The molecular weight excluding hydrogens is 291 g/mol. The van der Waals surface area contributed by atoms with Gasteiger partial charge in [-0.15, -0.1) is 0 Å². The van der Waals surface area contributed by atoms with Gasteiger partial charge in [0, 0.05) is 19.1 Å². The maximum atomic E-state index is 12.7.